The van der Waals surface area contributed by atoms with Gasteiger partial charge in [-0.3, -0.25) is 0 Å². The van der Waals surface area contributed by atoms with E-state index in [1.54, 1.807) is 12.4 Å². The number of aromatic nitrogens is 2. The molecule has 1 fully saturated rings. The van der Waals surface area contributed by atoms with E-state index in [0.717, 1.165) is 10.2 Å². The lowest BCUT2D eigenvalue weighted by Crippen LogP contribution is -2.55. The fourth-order valence-electron chi connectivity index (χ4n) is 2.39. The Bertz CT molecular complexity index is 713. The molecule has 2 rings (SSSR count). The second-order valence-electron chi connectivity index (χ2n) is 9.45. The first-order chi connectivity index (χ1) is 11.7. The monoisotopic (exact) mass is 459 g/mol. The largest absolute Gasteiger partial charge is 0.403 e. The predicted octanol–water partition coefficient (Wildman–Crippen LogP) is 5.15. The lowest BCUT2D eigenvalue weighted by Gasteiger charge is -2.49. The van der Waals surface area contributed by atoms with Crippen LogP contribution in [0.15, 0.2) is 21.3 Å². The average molecular weight is 461 g/mol. The van der Waals surface area contributed by atoms with Crippen LogP contribution in [0.25, 0.3) is 0 Å². The Morgan fingerprint density at radius 3 is 2.08 bits per heavy atom. The summed E-state index contributed by atoms with van der Waals surface area (Å²) < 4.78 is 24.0. The zero-order valence-electron chi connectivity index (χ0n) is 17.0. The van der Waals surface area contributed by atoms with Gasteiger partial charge < -0.3 is 4.43 Å². The second-order valence-corrected chi connectivity index (χ2v) is 17.0. The maximum absolute atomic E-state index is 12.4. The van der Waals surface area contributed by atoms with Crippen LogP contribution in [0.4, 0.5) is 0 Å². The number of hydrogen-bond donors (Lipinski definition) is 0. The van der Waals surface area contributed by atoms with Crippen molar-refractivity contribution in [1.29, 1.82) is 0 Å². The van der Waals surface area contributed by atoms with Crippen molar-refractivity contribution in [3.05, 3.63) is 22.7 Å². The summed E-state index contributed by atoms with van der Waals surface area (Å²) in [5.74, 6) is 0.686. The third kappa shape index (κ3) is 4.69. The molecule has 1 unspecified atom stereocenters. The molecule has 1 aliphatic carbocycles. The molecule has 1 saturated carbocycles. The second kappa shape index (κ2) is 7.18. The summed E-state index contributed by atoms with van der Waals surface area (Å²) in [6.07, 6.45) is 4.70. The summed E-state index contributed by atoms with van der Waals surface area (Å²) in [5.41, 5.74) is 0.355. The Labute approximate surface area is 169 Å². The molecule has 1 atom stereocenters. The van der Waals surface area contributed by atoms with E-state index in [4.69, 9.17) is 4.43 Å². The van der Waals surface area contributed by atoms with Gasteiger partial charge in [-0.15, -0.1) is 0 Å². The van der Waals surface area contributed by atoms with E-state index in [-0.39, 0.29) is 9.79 Å². The third-order valence-corrected chi connectivity index (χ3v) is 11.4. The fraction of sp³-hybridized carbons (Fsp3) is 0.722. The molecule has 0 bridgehead atoms. The smallest absolute Gasteiger partial charge is 0.193 e. The van der Waals surface area contributed by atoms with Gasteiger partial charge >= 0.3 is 0 Å². The van der Waals surface area contributed by atoms with Crippen molar-refractivity contribution in [2.24, 2.45) is 4.40 Å². The molecule has 146 valence electrons. The molecule has 0 amide bonds. The Morgan fingerprint density at radius 1 is 1.15 bits per heavy atom. The van der Waals surface area contributed by atoms with E-state index in [0.29, 0.717) is 18.7 Å². The Kier molecular flexibility index (Phi) is 6.04. The molecular weight excluding hydrogens is 430 g/mol. The van der Waals surface area contributed by atoms with Gasteiger partial charge in [-0.2, -0.15) is 4.40 Å². The van der Waals surface area contributed by atoms with E-state index in [2.05, 4.69) is 64.2 Å². The molecule has 26 heavy (non-hydrogen) atoms. The minimum Gasteiger partial charge on any atom is -0.403 e. The zero-order chi connectivity index (χ0) is 20.0. The van der Waals surface area contributed by atoms with Crippen molar-refractivity contribution >= 4 is 40.9 Å². The molecule has 0 N–H and O–H groups in total. The van der Waals surface area contributed by atoms with Crippen LogP contribution >= 0.6 is 15.9 Å². The zero-order valence-corrected chi connectivity index (χ0v) is 20.4. The average Bonchev–Trinajstić information content (AvgIpc) is 2.42. The lowest BCUT2D eigenvalue weighted by atomic mass is 9.77. The summed E-state index contributed by atoms with van der Waals surface area (Å²) in [4.78, 5) is 9.02. The molecule has 1 heterocycles. The highest BCUT2D eigenvalue weighted by Crippen LogP contribution is 2.48. The molecule has 1 aromatic heterocycles. The van der Waals surface area contributed by atoms with Crippen LogP contribution in [0.3, 0.4) is 0 Å². The molecule has 0 aliphatic heterocycles. The third-order valence-electron chi connectivity index (χ3n) is 5.00. The van der Waals surface area contributed by atoms with Crippen molar-refractivity contribution in [3.63, 3.8) is 0 Å². The first-order valence-corrected chi connectivity index (χ1v) is 13.6. The van der Waals surface area contributed by atoms with E-state index in [1.165, 1.54) is 0 Å². The number of rotatable bonds is 4. The molecule has 1 aliphatic rings. The van der Waals surface area contributed by atoms with Gasteiger partial charge in [0.25, 0.3) is 0 Å². The summed E-state index contributed by atoms with van der Waals surface area (Å²) in [7, 11) is -3.29. The van der Waals surface area contributed by atoms with Crippen LogP contribution in [0.1, 0.15) is 60.2 Å². The van der Waals surface area contributed by atoms with Crippen molar-refractivity contribution in [3.8, 4) is 0 Å². The molecule has 1 aromatic rings. The number of nitrogens with zero attached hydrogens (tertiary/aromatic N) is 3. The summed E-state index contributed by atoms with van der Waals surface area (Å²) in [6.45, 7) is 16.9. The van der Waals surface area contributed by atoms with Crippen LogP contribution < -0.4 is 0 Å². The van der Waals surface area contributed by atoms with Crippen LogP contribution in [0.5, 0.6) is 0 Å². The number of halogens is 1. The highest BCUT2D eigenvalue weighted by molar-refractivity contribution is 9.10. The van der Waals surface area contributed by atoms with E-state index in [1.807, 2.05) is 20.8 Å². The topological polar surface area (TPSA) is 64.4 Å². The number of hydrogen-bond acceptors (Lipinski definition) is 4. The van der Waals surface area contributed by atoms with Gasteiger partial charge in [0.2, 0.25) is 0 Å². The van der Waals surface area contributed by atoms with E-state index >= 15 is 0 Å². The van der Waals surface area contributed by atoms with Crippen LogP contribution in [0, 0.1) is 0 Å². The molecule has 8 heteroatoms. The van der Waals surface area contributed by atoms with E-state index < -0.39 is 24.9 Å². The maximum Gasteiger partial charge on any atom is 0.193 e. The van der Waals surface area contributed by atoms with Crippen LogP contribution in [-0.4, -0.2) is 33.0 Å². The Morgan fingerprint density at radius 2 is 1.65 bits per heavy atom. The first kappa shape index (κ1) is 21.9. The Hall–Kier alpha value is -0.443. The summed E-state index contributed by atoms with van der Waals surface area (Å²) in [5, 5.41) is 0.0799. The van der Waals surface area contributed by atoms with Gasteiger partial charge in [0, 0.05) is 30.9 Å². The van der Waals surface area contributed by atoms with Gasteiger partial charge in [0.1, 0.15) is 16.6 Å². The maximum atomic E-state index is 12.4. The highest BCUT2D eigenvalue weighted by atomic mass is 79.9. The quantitative estimate of drug-likeness (QED) is 0.583. The molecule has 0 spiro atoms. The molecule has 0 aromatic carbocycles. The molecule has 5 nitrogen and oxygen atoms in total. The lowest BCUT2D eigenvalue weighted by molar-refractivity contribution is 0.0302. The van der Waals surface area contributed by atoms with Gasteiger partial charge in [-0.1, -0.05) is 20.8 Å². The minimum atomic E-state index is -2.04. The van der Waals surface area contributed by atoms with E-state index in [9.17, 15) is 4.21 Å². The first-order valence-electron chi connectivity index (χ1n) is 8.83. The standard InChI is InChI=1S/C18H30BrN3O2SSi/c1-16(2,3)25(23)22-14-9-18(10-14,15-20-11-13(19)12-21-15)24-26(7,8)17(4,5)6/h11-12H,9-10H2,1-8H3. The van der Waals surface area contributed by atoms with Gasteiger partial charge in [0.15, 0.2) is 14.1 Å². The normalized spacial score (nSPS) is 22.7. The summed E-state index contributed by atoms with van der Waals surface area (Å²) >= 11 is 3.39. The van der Waals surface area contributed by atoms with Gasteiger partial charge in [-0.05, 0) is 54.8 Å². The van der Waals surface area contributed by atoms with Crippen LogP contribution in [-0.2, 0) is 21.0 Å². The Balaban J connectivity index is 2.34. The molecule has 0 saturated heterocycles. The van der Waals surface area contributed by atoms with Crippen molar-refractivity contribution in [2.75, 3.05) is 0 Å². The van der Waals surface area contributed by atoms with Crippen molar-refractivity contribution in [2.45, 2.75) is 82.9 Å². The predicted molar refractivity (Wildman–Crippen MR) is 114 cm³/mol. The van der Waals surface area contributed by atoms with Crippen molar-refractivity contribution in [1.82, 2.24) is 9.97 Å². The fourth-order valence-corrected chi connectivity index (χ4v) is 4.75. The van der Waals surface area contributed by atoms with Crippen molar-refractivity contribution < 1.29 is 8.63 Å². The van der Waals surface area contributed by atoms with Gasteiger partial charge in [0.05, 0.1) is 9.22 Å². The molecule has 0 radical (unpaired) electrons. The minimum absolute atomic E-state index is 0.0799. The van der Waals surface area contributed by atoms with Gasteiger partial charge in [-0.25, -0.2) is 14.2 Å². The summed E-state index contributed by atoms with van der Waals surface area (Å²) in [6, 6.07) is 0. The SMILES string of the molecule is CC(C)(C)S(=O)N=C1CC(O[Si](C)(C)C(C)(C)C)(c2ncc(Br)cn2)C1. The highest BCUT2D eigenvalue weighted by Gasteiger charge is 2.53. The van der Waals surface area contributed by atoms with Crippen LogP contribution in [0.2, 0.25) is 18.1 Å². The molecular formula is C18H30BrN3O2SSi.